The molecule has 3 amide bonds. The fraction of sp³-hybridized carbons (Fsp3) is 0.321. The summed E-state index contributed by atoms with van der Waals surface area (Å²) in [6, 6.07) is 16.3. The molecule has 3 aromatic rings. The van der Waals surface area contributed by atoms with Crippen molar-refractivity contribution in [1.82, 2.24) is 10.2 Å². The van der Waals surface area contributed by atoms with Crippen LogP contribution in [-0.2, 0) is 20.8 Å². The number of anilines is 1. The molecule has 1 aromatic heterocycles. The van der Waals surface area contributed by atoms with Crippen LogP contribution in [0.25, 0.3) is 0 Å². The highest BCUT2D eigenvalue weighted by molar-refractivity contribution is 7.09. The highest BCUT2D eigenvalue weighted by Crippen LogP contribution is 2.24. The van der Waals surface area contributed by atoms with E-state index in [0.717, 1.165) is 11.3 Å². The highest BCUT2D eigenvalue weighted by Gasteiger charge is 2.36. The summed E-state index contributed by atoms with van der Waals surface area (Å²) in [5, 5.41) is 7.76. The number of carbonyl (C=O) groups excluding carboxylic acids is 3. The van der Waals surface area contributed by atoms with Crippen LogP contribution in [0.2, 0.25) is 0 Å². The summed E-state index contributed by atoms with van der Waals surface area (Å²) in [6.07, 6.45) is 2.31. The van der Waals surface area contributed by atoms with Crippen molar-refractivity contribution >= 4 is 34.7 Å². The third kappa shape index (κ3) is 6.68. The van der Waals surface area contributed by atoms with Crippen LogP contribution < -0.4 is 20.1 Å². The van der Waals surface area contributed by atoms with E-state index in [9.17, 15) is 14.4 Å². The zero-order valence-electron chi connectivity index (χ0n) is 20.9. The Morgan fingerprint density at radius 3 is 2.30 bits per heavy atom. The first-order valence-corrected chi connectivity index (χ1v) is 13.1. The van der Waals surface area contributed by atoms with Crippen molar-refractivity contribution < 1.29 is 23.9 Å². The number of likely N-dealkylation sites (tertiary alicyclic amines) is 1. The minimum Gasteiger partial charge on any atom is -0.497 e. The largest absolute Gasteiger partial charge is 0.497 e. The van der Waals surface area contributed by atoms with Crippen LogP contribution in [0.1, 0.15) is 35.7 Å². The van der Waals surface area contributed by atoms with E-state index >= 15 is 0 Å². The van der Waals surface area contributed by atoms with E-state index < -0.39 is 18.0 Å². The predicted octanol–water partition coefficient (Wildman–Crippen LogP) is 4.19. The van der Waals surface area contributed by atoms with Crippen LogP contribution >= 0.6 is 11.3 Å². The first-order chi connectivity index (χ1) is 18.0. The Kier molecular flexibility index (Phi) is 8.79. The Morgan fingerprint density at radius 2 is 1.68 bits per heavy atom. The van der Waals surface area contributed by atoms with Crippen molar-refractivity contribution in [2.75, 3.05) is 26.1 Å². The van der Waals surface area contributed by atoms with Gasteiger partial charge in [-0.2, -0.15) is 0 Å². The van der Waals surface area contributed by atoms with Crippen molar-refractivity contribution in [3.8, 4) is 11.5 Å². The van der Waals surface area contributed by atoms with Gasteiger partial charge in [-0.05, 0) is 72.7 Å². The van der Waals surface area contributed by atoms with Crippen LogP contribution in [0.4, 0.5) is 5.69 Å². The number of amides is 3. The van der Waals surface area contributed by atoms with Crippen LogP contribution in [-0.4, -0.2) is 49.4 Å². The zero-order chi connectivity index (χ0) is 26.2. The SMILES string of the molecule is COc1ccc(NC(=O)[C@@H](NC(=O)[C@@H]2CCCN2C(=O)CCc2cccs2)c2ccc(OC)cc2)cc1. The van der Waals surface area contributed by atoms with Crippen LogP contribution in [0.15, 0.2) is 66.0 Å². The molecule has 0 bridgehead atoms. The Balaban J connectivity index is 1.48. The molecule has 2 N–H and O–H groups in total. The molecule has 1 aliphatic rings. The van der Waals surface area contributed by atoms with Gasteiger partial charge in [-0.3, -0.25) is 14.4 Å². The molecule has 1 fully saturated rings. The number of nitrogens with zero attached hydrogens (tertiary/aromatic N) is 1. The maximum absolute atomic E-state index is 13.4. The number of hydrogen-bond acceptors (Lipinski definition) is 6. The molecule has 1 saturated heterocycles. The highest BCUT2D eigenvalue weighted by atomic mass is 32.1. The molecule has 8 nitrogen and oxygen atoms in total. The molecule has 0 unspecified atom stereocenters. The quantitative estimate of drug-likeness (QED) is 0.417. The fourth-order valence-corrected chi connectivity index (χ4v) is 5.10. The maximum Gasteiger partial charge on any atom is 0.251 e. The maximum atomic E-state index is 13.4. The molecular weight excluding hydrogens is 490 g/mol. The van der Waals surface area contributed by atoms with Gasteiger partial charge >= 0.3 is 0 Å². The lowest BCUT2D eigenvalue weighted by Crippen LogP contribution is -2.48. The summed E-state index contributed by atoms with van der Waals surface area (Å²) >= 11 is 1.62. The van der Waals surface area contributed by atoms with Crippen molar-refractivity contribution in [1.29, 1.82) is 0 Å². The van der Waals surface area contributed by atoms with Gasteiger partial charge in [0.15, 0.2) is 0 Å². The summed E-state index contributed by atoms with van der Waals surface area (Å²) < 4.78 is 10.4. The Labute approximate surface area is 220 Å². The van der Waals surface area contributed by atoms with Gasteiger partial charge in [0.25, 0.3) is 5.91 Å². The molecule has 2 heterocycles. The lowest BCUT2D eigenvalue weighted by molar-refractivity contribution is -0.139. The van der Waals surface area contributed by atoms with Gasteiger partial charge in [-0.1, -0.05) is 18.2 Å². The third-order valence-electron chi connectivity index (χ3n) is 6.40. The van der Waals surface area contributed by atoms with Crippen molar-refractivity contribution in [2.45, 2.75) is 37.8 Å². The van der Waals surface area contributed by atoms with Crippen molar-refractivity contribution in [3.05, 3.63) is 76.5 Å². The lowest BCUT2D eigenvalue weighted by Gasteiger charge is -2.26. The van der Waals surface area contributed by atoms with Crippen molar-refractivity contribution in [2.24, 2.45) is 0 Å². The number of carbonyl (C=O) groups is 3. The topological polar surface area (TPSA) is 97.0 Å². The fourth-order valence-electron chi connectivity index (χ4n) is 4.39. The van der Waals surface area contributed by atoms with Crippen LogP contribution in [0.5, 0.6) is 11.5 Å². The smallest absolute Gasteiger partial charge is 0.251 e. The number of methoxy groups -OCH3 is 2. The van der Waals surface area contributed by atoms with Gasteiger partial charge in [0, 0.05) is 23.5 Å². The molecular formula is C28H31N3O5S. The normalized spacial score (nSPS) is 15.6. The molecule has 37 heavy (non-hydrogen) atoms. The second-order valence-corrected chi connectivity index (χ2v) is 9.79. The van der Waals surface area contributed by atoms with Gasteiger partial charge in [0.05, 0.1) is 14.2 Å². The molecule has 4 rings (SSSR count). The van der Waals surface area contributed by atoms with E-state index in [1.54, 1.807) is 79.0 Å². The number of nitrogens with one attached hydrogen (secondary N) is 2. The Hall–Kier alpha value is -3.85. The van der Waals surface area contributed by atoms with Gasteiger partial charge < -0.3 is 25.0 Å². The molecule has 9 heteroatoms. The summed E-state index contributed by atoms with van der Waals surface area (Å²) in [6.45, 7) is 0.534. The summed E-state index contributed by atoms with van der Waals surface area (Å²) in [7, 11) is 3.14. The lowest BCUT2D eigenvalue weighted by atomic mass is 10.0. The molecule has 0 saturated carbocycles. The number of hydrogen-bond donors (Lipinski definition) is 2. The second kappa shape index (κ2) is 12.4. The van der Waals surface area contributed by atoms with E-state index in [1.165, 1.54) is 0 Å². The van der Waals surface area contributed by atoms with E-state index in [4.69, 9.17) is 9.47 Å². The average molecular weight is 522 g/mol. The first-order valence-electron chi connectivity index (χ1n) is 12.2. The number of benzene rings is 2. The summed E-state index contributed by atoms with van der Waals surface area (Å²) in [4.78, 5) is 42.5. The summed E-state index contributed by atoms with van der Waals surface area (Å²) in [5.74, 6) is 0.533. The number of aryl methyl sites for hydroxylation is 1. The van der Waals surface area contributed by atoms with Gasteiger partial charge in [-0.25, -0.2) is 0 Å². The van der Waals surface area contributed by atoms with E-state index in [0.29, 0.717) is 48.6 Å². The van der Waals surface area contributed by atoms with Gasteiger partial charge in [0.1, 0.15) is 23.6 Å². The van der Waals surface area contributed by atoms with Crippen LogP contribution in [0.3, 0.4) is 0 Å². The van der Waals surface area contributed by atoms with E-state index in [1.807, 2.05) is 17.5 Å². The van der Waals surface area contributed by atoms with E-state index in [2.05, 4.69) is 10.6 Å². The monoisotopic (exact) mass is 521 g/mol. The van der Waals surface area contributed by atoms with E-state index in [-0.39, 0.29) is 11.8 Å². The molecule has 2 atom stereocenters. The predicted molar refractivity (Wildman–Crippen MR) is 143 cm³/mol. The molecule has 2 aromatic carbocycles. The third-order valence-corrected chi connectivity index (χ3v) is 7.33. The van der Waals surface area contributed by atoms with Gasteiger partial charge in [-0.15, -0.1) is 11.3 Å². The second-order valence-electron chi connectivity index (χ2n) is 8.76. The van der Waals surface area contributed by atoms with Gasteiger partial charge in [0.2, 0.25) is 11.8 Å². The molecule has 0 aliphatic carbocycles. The average Bonchev–Trinajstić information content (AvgIpc) is 3.63. The minimum atomic E-state index is -0.954. The Bertz CT molecular complexity index is 1200. The molecule has 1 aliphatic heterocycles. The number of thiophene rings is 1. The van der Waals surface area contributed by atoms with Crippen LogP contribution in [0, 0.1) is 0 Å². The first kappa shape index (κ1) is 26.2. The summed E-state index contributed by atoms with van der Waals surface area (Å²) in [5.41, 5.74) is 1.18. The zero-order valence-corrected chi connectivity index (χ0v) is 21.8. The standard InChI is InChI=1S/C28H31N3O5S/c1-35-21-11-7-19(8-12-21)26(28(34)29-20-9-13-22(36-2)14-10-20)30-27(33)24-6-3-17-31(24)25(32)16-15-23-5-4-18-37-23/h4-5,7-14,18,24,26H,3,6,15-17H2,1-2H3,(H,29,34)(H,30,33)/t24-,26-/m0/s1. The number of ether oxygens (including phenoxy) is 2. The molecule has 0 spiro atoms. The number of rotatable bonds is 10. The van der Waals surface area contributed by atoms with Crippen molar-refractivity contribution in [3.63, 3.8) is 0 Å². The molecule has 0 radical (unpaired) electrons. The minimum absolute atomic E-state index is 0.0465. The Morgan fingerprint density at radius 1 is 1.00 bits per heavy atom. The molecule has 194 valence electrons.